The zero-order valence-electron chi connectivity index (χ0n) is 18.7. The normalized spacial score (nSPS) is 20.0. The zero-order chi connectivity index (χ0) is 22.0. The highest BCUT2D eigenvalue weighted by Gasteiger charge is 2.31. The molecule has 2 aliphatic heterocycles. The highest BCUT2D eigenvalue weighted by Crippen LogP contribution is 2.29. The van der Waals surface area contributed by atoms with Gasteiger partial charge in [-0.15, -0.1) is 0 Å². The molecule has 4 rings (SSSR count). The van der Waals surface area contributed by atoms with Crippen molar-refractivity contribution in [3.8, 4) is 5.75 Å². The molecule has 3 heterocycles. The fourth-order valence-corrected chi connectivity index (χ4v) is 4.71. The smallest absolute Gasteiger partial charge is 0.261 e. The molecular weight excluding hydrogens is 392 g/mol. The fourth-order valence-electron chi connectivity index (χ4n) is 4.71. The third-order valence-electron chi connectivity index (χ3n) is 6.67. The number of likely N-dealkylation sites (tertiary alicyclic amines) is 1. The van der Waals surface area contributed by atoms with Crippen LogP contribution in [-0.4, -0.2) is 73.1 Å². The quantitative estimate of drug-likeness (QED) is 0.817. The number of ether oxygens (including phenoxy) is 1. The topological polar surface area (TPSA) is 68.9 Å². The predicted molar refractivity (Wildman–Crippen MR) is 122 cm³/mol. The number of aromatic nitrogens is 1. The van der Waals surface area contributed by atoms with E-state index in [9.17, 15) is 9.59 Å². The van der Waals surface area contributed by atoms with Crippen LogP contribution in [0.1, 0.15) is 34.5 Å². The van der Waals surface area contributed by atoms with Crippen molar-refractivity contribution in [2.24, 2.45) is 0 Å². The van der Waals surface area contributed by atoms with Crippen LogP contribution in [0.4, 0.5) is 5.69 Å². The first-order valence-electron chi connectivity index (χ1n) is 11.1. The Morgan fingerprint density at radius 2 is 1.84 bits per heavy atom. The molecule has 7 heteroatoms. The standard InChI is InChI=1S/C24H32N4O3/c1-17-15-20(23(29)25-18(17)2)24(30)28-10-6-7-19(16-28)26-11-13-27(14-12-26)21-8-4-5-9-22(21)31-3/h4-5,8-9,15,19H,6-7,10-14,16H2,1-3H3,(H,25,29)/t19-/m1/s1. The van der Waals surface area contributed by atoms with Crippen LogP contribution >= 0.6 is 0 Å². The van der Waals surface area contributed by atoms with E-state index < -0.39 is 0 Å². The van der Waals surface area contributed by atoms with Gasteiger partial charge < -0.3 is 19.5 Å². The van der Waals surface area contributed by atoms with Crippen molar-refractivity contribution < 1.29 is 9.53 Å². The van der Waals surface area contributed by atoms with Crippen LogP contribution in [0, 0.1) is 13.8 Å². The summed E-state index contributed by atoms with van der Waals surface area (Å²) in [4.78, 5) is 35.0. The number of piperidine rings is 1. The summed E-state index contributed by atoms with van der Waals surface area (Å²) in [5.74, 6) is 0.755. The second kappa shape index (κ2) is 9.14. The van der Waals surface area contributed by atoms with Crippen LogP contribution in [-0.2, 0) is 0 Å². The molecule has 0 unspecified atom stereocenters. The molecule has 1 N–H and O–H groups in total. The summed E-state index contributed by atoms with van der Waals surface area (Å²) >= 11 is 0. The molecule has 1 amide bonds. The van der Waals surface area contributed by atoms with Gasteiger partial charge in [0.05, 0.1) is 12.8 Å². The molecule has 1 aromatic heterocycles. The number of aryl methyl sites for hydroxylation is 2. The van der Waals surface area contributed by atoms with Gasteiger partial charge in [0.2, 0.25) is 0 Å². The Bertz CT molecular complexity index is 995. The van der Waals surface area contributed by atoms with Gasteiger partial charge in [0, 0.05) is 51.0 Å². The molecule has 1 aromatic carbocycles. The summed E-state index contributed by atoms with van der Waals surface area (Å²) in [5, 5.41) is 0. The Morgan fingerprint density at radius 1 is 1.10 bits per heavy atom. The van der Waals surface area contributed by atoms with Crippen LogP contribution in [0.5, 0.6) is 5.75 Å². The van der Waals surface area contributed by atoms with E-state index in [4.69, 9.17) is 4.74 Å². The van der Waals surface area contributed by atoms with Crippen molar-refractivity contribution in [3.63, 3.8) is 0 Å². The Labute approximate surface area is 183 Å². The third kappa shape index (κ3) is 4.46. The number of nitrogens with one attached hydrogen (secondary N) is 1. The number of anilines is 1. The number of H-pyrrole nitrogens is 1. The number of hydrogen-bond acceptors (Lipinski definition) is 5. The number of carbonyl (C=O) groups is 1. The molecule has 2 fully saturated rings. The molecule has 0 aliphatic carbocycles. The van der Waals surface area contributed by atoms with Crippen LogP contribution in [0.3, 0.4) is 0 Å². The van der Waals surface area contributed by atoms with E-state index >= 15 is 0 Å². The predicted octanol–water partition coefficient (Wildman–Crippen LogP) is 2.43. The second-order valence-electron chi connectivity index (χ2n) is 8.56. The highest BCUT2D eigenvalue weighted by molar-refractivity contribution is 5.94. The van der Waals surface area contributed by atoms with E-state index in [1.807, 2.05) is 36.9 Å². The number of benzene rings is 1. The largest absolute Gasteiger partial charge is 0.495 e. The lowest BCUT2D eigenvalue weighted by Gasteiger charge is -2.44. The number of pyridine rings is 1. The molecule has 31 heavy (non-hydrogen) atoms. The summed E-state index contributed by atoms with van der Waals surface area (Å²) in [6.07, 6.45) is 2.05. The lowest BCUT2D eigenvalue weighted by atomic mass is 10.0. The molecule has 0 bridgehead atoms. The Hall–Kier alpha value is -2.80. The van der Waals surface area contributed by atoms with Crippen molar-refractivity contribution in [3.05, 3.63) is 57.5 Å². The summed E-state index contributed by atoms with van der Waals surface area (Å²) in [7, 11) is 1.71. The van der Waals surface area contributed by atoms with Crippen LogP contribution in [0.2, 0.25) is 0 Å². The van der Waals surface area contributed by atoms with E-state index in [-0.39, 0.29) is 17.0 Å². The van der Waals surface area contributed by atoms with Crippen molar-refractivity contribution in [1.29, 1.82) is 0 Å². The SMILES string of the molecule is COc1ccccc1N1CCN([C@@H]2CCCN(C(=O)c3cc(C)c(C)[nH]c3=O)C2)CC1. The van der Waals surface area contributed by atoms with Crippen LogP contribution < -0.4 is 15.2 Å². The maximum absolute atomic E-state index is 13.1. The van der Waals surface area contributed by atoms with Crippen LogP contribution in [0.25, 0.3) is 0 Å². The van der Waals surface area contributed by atoms with E-state index in [2.05, 4.69) is 20.9 Å². The Kier molecular flexibility index (Phi) is 6.32. The number of aromatic amines is 1. The van der Waals surface area contributed by atoms with E-state index in [1.165, 1.54) is 0 Å². The lowest BCUT2D eigenvalue weighted by molar-refractivity contribution is 0.0561. The number of methoxy groups -OCH3 is 1. The number of piperazine rings is 1. The van der Waals surface area contributed by atoms with Gasteiger partial charge in [0.15, 0.2) is 0 Å². The number of nitrogens with zero attached hydrogens (tertiary/aromatic N) is 3. The van der Waals surface area contributed by atoms with Gasteiger partial charge in [-0.3, -0.25) is 14.5 Å². The van der Waals surface area contributed by atoms with Gasteiger partial charge >= 0.3 is 0 Å². The molecule has 2 saturated heterocycles. The molecule has 2 aliphatic rings. The van der Waals surface area contributed by atoms with Crippen LogP contribution in [0.15, 0.2) is 35.1 Å². The first-order valence-corrected chi connectivity index (χ1v) is 11.1. The van der Waals surface area contributed by atoms with Gasteiger partial charge in [-0.1, -0.05) is 12.1 Å². The summed E-state index contributed by atoms with van der Waals surface area (Å²) < 4.78 is 5.52. The number of amides is 1. The summed E-state index contributed by atoms with van der Waals surface area (Å²) in [6.45, 7) is 8.94. The minimum absolute atomic E-state index is 0.151. The van der Waals surface area contributed by atoms with Crippen molar-refractivity contribution >= 4 is 11.6 Å². The number of hydrogen-bond donors (Lipinski definition) is 1. The third-order valence-corrected chi connectivity index (χ3v) is 6.67. The van der Waals surface area contributed by atoms with Crippen molar-refractivity contribution in [2.75, 3.05) is 51.3 Å². The lowest BCUT2D eigenvalue weighted by Crippen LogP contribution is -2.56. The zero-order valence-corrected chi connectivity index (χ0v) is 18.7. The number of para-hydroxylation sites is 2. The highest BCUT2D eigenvalue weighted by atomic mass is 16.5. The maximum Gasteiger partial charge on any atom is 0.261 e. The molecule has 0 spiro atoms. The average molecular weight is 425 g/mol. The second-order valence-corrected chi connectivity index (χ2v) is 8.56. The Balaban J connectivity index is 1.40. The van der Waals surface area contributed by atoms with Crippen molar-refractivity contribution in [2.45, 2.75) is 32.7 Å². The number of carbonyl (C=O) groups excluding carboxylic acids is 1. The molecule has 166 valence electrons. The molecule has 1 atom stereocenters. The average Bonchev–Trinajstić information content (AvgIpc) is 2.81. The molecule has 0 saturated carbocycles. The first-order chi connectivity index (χ1) is 15.0. The minimum atomic E-state index is -0.291. The van der Waals surface area contributed by atoms with Gasteiger partial charge in [-0.25, -0.2) is 0 Å². The molecule has 0 radical (unpaired) electrons. The molecule has 7 nitrogen and oxygen atoms in total. The number of rotatable bonds is 4. The Morgan fingerprint density at radius 3 is 2.58 bits per heavy atom. The monoisotopic (exact) mass is 424 g/mol. The van der Waals surface area contributed by atoms with Gasteiger partial charge in [0.1, 0.15) is 11.3 Å². The van der Waals surface area contributed by atoms with Gasteiger partial charge in [-0.05, 0) is 50.5 Å². The fraction of sp³-hybridized carbons (Fsp3) is 0.500. The van der Waals surface area contributed by atoms with E-state index in [0.29, 0.717) is 19.1 Å². The maximum atomic E-state index is 13.1. The summed E-state index contributed by atoms with van der Waals surface area (Å²) in [5.41, 5.74) is 2.85. The van der Waals surface area contributed by atoms with E-state index in [0.717, 1.165) is 61.7 Å². The van der Waals surface area contributed by atoms with Crippen molar-refractivity contribution in [1.82, 2.24) is 14.8 Å². The van der Waals surface area contributed by atoms with Gasteiger partial charge in [-0.2, -0.15) is 0 Å². The van der Waals surface area contributed by atoms with E-state index in [1.54, 1.807) is 13.2 Å². The van der Waals surface area contributed by atoms with Gasteiger partial charge in [0.25, 0.3) is 11.5 Å². The minimum Gasteiger partial charge on any atom is -0.495 e. The first kappa shape index (κ1) is 21.4. The molecule has 2 aromatic rings. The molecular formula is C24H32N4O3. The summed E-state index contributed by atoms with van der Waals surface area (Å²) in [6, 6.07) is 10.2.